The highest BCUT2D eigenvalue weighted by atomic mass is 35.5. The number of rotatable bonds is 4. The lowest BCUT2D eigenvalue weighted by molar-refractivity contribution is -0.122. The van der Waals surface area contributed by atoms with E-state index in [2.05, 4.69) is 10.4 Å². The monoisotopic (exact) mass is 271 g/mol. The van der Waals surface area contributed by atoms with Crippen LogP contribution in [0.3, 0.4) is 0 Å². The molecule has 0 aliphatic carbocycles. The first-order chi connectivity index (χ1) is 8.58. The maximum atomic E-state index is 11.8. The van der Waals surface area contributed by atoms with Crippen LogP contribution < -0.4 is 5.32 Å². The Morgan fingerprint density at radius 2 is 2.39 bits per heavy atom. The fourth-order valence-corrected chi connectivity index (χ4v) is 2.19. The van der Waals surface area contributed by atoms with Crippen LogP contribution in [0.15, 0.2) is 0 Å². The third-order valence-corrected chi connectivity index (χ3v) is 3.68. The zero-order valence-corrected chi connectivity index (χ0v) is 11.5. The van der Waals surface area contributed by atoms with Crippen molar-refractivity contribution in [1.29, 1.82) is 0 Å². The molecule has 0 saturated carbocycles. The summed E-state index contributed by atoms with van der Waals surface area (Å²) < 4.78 is 7.07. The van der Waals surface area contributed by atoms with Crippen molar-refractivity contribution in [3.63, 3.8) is 0 Å². The third kappa shape index (κ3) is 3.03. The Hall–Kier alpha value is -1.07. The Morgan fingerprint density at radius 1 is 1.61 bits per heavy atom. The molecule has 1 amide bonds. The van der Waals surface area contributed by atoms with Gasteiger partial charge in [0.15, 0.2) is 0 Å². The lowest BCUT2D eigenvalue weighted by atomic mass is 10.2. The topological polar surface area (TPSA) is 56.2 Å². The second-order valence-electron chi connectivity index (χ2n) is 4.58. The molecule has 0 aromatic carbocycles. The van der Waals surface area contributed by atoms with Crippen LogP contribution in [0, 0.1) is 13.8 Å². The first-order valence-electron chi connectivity index (χ1n) is 6.15. The lowest BCUT2D eigenvalue weighted by Crippen LogP contribution is -2.34. The van der Waals surface area contributed by atoms with E-state index in [0.717, 1.165) is 30.8 Å². The number of carbonyl (C=O) groups excluding carboxylic acids is 1. The van der Waals surface area contributed by atoms with Gasteiger partial charge in [-0.15, -0.1) is 0 Å². The molecule has 1 fully saturated rings. The predicted octanol–water partition coefficient (Wildman–Crippen LogP) is 1.45. The summed E-state index contributed by atoms with van der Waals surface area (Å²) in [6, 6.07) is 0. The quantitative estimate of drug-likeness (QED) is 0.902. The molecule has 1 N–H and O–H groups in total. The van der Waals surface area contributed by atoms with Gasteiger partial charge in [-0.25, -0.2) is 0 Å². The average molecular weight is 272 g/mol. The molecule has 1 unspecified atom stereocenters. The minimum Gasteiger partial charge on any atom is -0.376 e. The number of carbonyl (C=O) groups is 1. The number of nitrogens with one attached hydrogen (secondary N) is 1. The minimum absolute atomic E-state index is 0.0623. The molecule has 5 nitrogen and oxygen atoms in total. The van der Waals surface area contributed by atoms with Gasteiger partial charge in [-0.05, 0) is 26.7 Å². The van der Waals surface area contributed by atoms with Crippen molar-refractivity contribution in [2.75, 3.05) is 13.2 Å². The summed E-state index contributed by atoms with van der Waals surface area (Å²) in [5.41, 5.74) is 1.57. The summed E-state index contributed by atoms with van der Waals surface area (Å²) in [7, 11) is 0. The van der Waals surface area contributed by atoms with Crippen LogP contribution in [0.2, 0.25) is 5.02 Å². The zero-order chi connectivity index (χ0) is 13.1. The molecular weight excluding hydrogens is 254 g/mol. The number of hydrogen-bond acceptors (Lipinski definition) is 3. The van der Waals surface area contributed by atoms with Gasteiger partial charge < -0.3 is 10.1 Å². The van der Waals surface area contributed by atoms with Crippen LogP contribution >= 0.6 is 11.6 Å². The second kappa shape index (κ2) is 5.71. The first-order valence-corrected chi connectivity index (χ1v) is 6.53. The highest BCUT2D eigenvalue weighted by Crippen LogP contribution is 2.18. The molecule has 0 radical (unpaired) electrons. The van der Waals surface area contributed by atoms with Gasteiger partial charge in [0, 0.05) is 13.2 Å². The molecule has 2 rings (SSSR count). The van der Waals surface area contributed by atoms with Gasteiger partial charge in [-0.1, -0.05) is 11.6 Å². The molecule has 6 heteroatoms. The summed E-state index contributed by atoms with van der Waals surface area (Å²) in [5, 5.41) is 7.71. The zero-order valence-electron chi connectivity index (χ0n) is 10.7. The van der Waals surface area contributed by atoms with Gasteiger partial charge in [0.1, 0.15) is 6.54 Å². The van der Waals surface area contributed by atoms with Crippen molar-refractivity contribution < 1.29 is 9.53 Å². The van der Waals surface area contributed by atoms with Crippen molar-refractivity contribution in [2.45, 2.75) is 39.3 Å². The molecule has 1 atom stereocenters. The van der Waals surface area contributed by atoms with Gasteiger partial charge in [-0.3, -0.25) is 9.48 Å². The SMILES string of the molecule is Cc1nn(CC(=O)NCC2CCCO2)c(C)c1Cl. The lowest BCUT2D eigenvalue weighted by Gasteiger charge is -2.11. The number of ether oxygens (including phenoxy) is 1. The van der Waals surface area contributed by atoms with Gasteiger partial charge in [0.25, 0.3) is 0 Å². The Labute approximate surface area is 111 Å². The Balaban J connectivity index is 1.84. The van der Waals surface area contributed by atoms with E-state index < -0.39 is 0 Å². The molecule has 0 bridgehead atoms. The van der Waals surface area contributed by atoms with Gasteiger partial charge >= 0.3 is 0 Å². The Kier molecular flexibility index (Phi) is 4.24. The van der Waals surface area contributed by atoms with Crippen LogP contribution in [0.5, 0.6) is 0 Å². The number of halogens is 1. The van der Waals surface area contributed by atoms with Crippen LogP contribution in [0.4, 0.5) is 0 Å². The van der Waals surface area contributed by atoms with E-state index >= 15 is 0 Å². The van der Waals surface area contributed by atoms with E-state index in [1.165, 1.54) is 0 Å². The number of aryl methyl sites for hydroxylation is 1. The Bertz CT molecular complexity index is 439. The van der Waals surface area contributed by atoms with Gasteiger partial charge in [0.05, 0.1) is 22.5 Å². The Morgan fingerprint density at radius 3 is 2.94 bits per heavy atom. The molecule has 18 heavy (non-hydrogen) atoms. The van der Waals surface area contributed by atoms with E-state index in [-0.39, 0.29) is 18.6 Å². The number of hydrogen-bond donors (Lipinski definition) is 1. The summed E-state index contributed by atoms with van der Waals surface area (Å²) in [6.07, 6.45) is 2.26. The maximum absolute atomic E-state index is 11.8. The fourth-order valence-electron chi connectivity index (χ4n) is 2.05. The van der Waals surface area contributed by atoms with Crippen LogP contribution in [0.25, 0.3) is 0 Å². The highest BCUT2D eigenvalue weighted by Gasteiger charge is 2.17. The maximum Gasteiger partial charge on any atom is 0.241 e. The summed E-state index contributed by atoms with van der Waals surface area (Å²) in [6.45, 7) is 5.26. The van der Waals surface area contributed by atoms with Crippen LogP contribution in [-0.2, 0) is 16.1 Å². The molecule has 1 saturated heterocycles. The number of nitrogens with zero attached hydrogens (tertiary/aromatic N) is 2. The minimum atomic E-state index is -0.0623. The predicted molar refractivity (Wildman–Crippen MR) is 68.7 cm³/mol. The number of aromatic nitrogens is 2. The standard InChI is InChI=1S/C12H18ClN3O2/c1-8-12(13)9(2)16(15-8)7-11(17)14-6-10-4-3-5-18-10/h10H,3-7H2,1-2H3,(H,14,17). The molecular formula is C12H18ClN3O2. The summed E-state index contributed by atoms with van der Waals surface area (Å²) in [5.74, 6) is -0.0623. The van der Waals surface area contributed by atoms with Crippen molar-refractivity contribution in [3.8, 4) is 0 Å². The van der Waals surface area contributed by atoms with E-state index in [4.69, 9.17) is 16.3 Å². The van der Waals surface area contributed by atoms with Crippen molar-refractivity contribution in [1.82, 2.24) is 15.1 Å². The molecule has 1 aliphatic heterocycles. The molecule has 1 aromatic heterocycles. The molecule has 0 spiro atoms. The fraction of sp³-hybridized carbons (Fsp3) is 0.667. The van der Waals surface area contributed by atoms with Gasteiger partial charge in [0.2, 0.25) is 5.91 Å². The van der Waals surface area contributed by atoms with Crippen LogP contribution in [-0.4, -0.2) is 34.9 Å². The smallest absolute Gasteiger partial charge is 0.241 e. The molecule has 1 aliphatic rings. The average Bonchev–Trinajstić information content (AvgIpc) is 2.93. The van der Waals surface area contributed by atoms with E-state index in [1.807, 2.05) is 13.8 Å². The number of amides is 1. The van der Waals surface area contributed by atoms with Crippen molar-refractivity contribution >= 4 is 17.5 Å². The summed E-state index contributed by atoms with van der Waals surface area (Å²) in [4.78, 5) is 11.8. The molecule has 2 heterocycles. The van der Waals surface area contributed by atoms with E-state index in [9.17, 15) is 4.79 Å². The normalized spacial score (nSPS) is 19.2. The van der Waals surface area contributed by atoms with E-state index in [1.54, 1.807) is 4.68 Å². The van der Waals surface area contributed by atoms with Crippen molar-refractivity contribution in [3.05, 3.63) is 16.4 Å². The highest BCUT2D eigenvalue weighted by molar-refractivity contribution is 6.31. The van der Waals surface area contributed by atoms with Crippen LogP contribution in [0.1, 0.15) is 24.2 Å². The largest absolute Gasteiger partial charge is 0.376 e. The third-order valence-electron chi connectivity index (χ3n) is 3.14. The first kappa shape index (κ1) is 13.4. The summed E-state index contributed by atoms with van der Waals surface area (Å²) >= 11 is 6.03. The molecule has 1 aromatic rings. The van der Waals surface area contributed by atoms with Gasteiger partial charge in [-0.2, -0.15) is 5.10 Å². The second-order valence-corrected chi connectivity index (χ2v) is 4.96. The van der Waals surface area contributed by atoms with Crippen molar-refractivity contribution in [2.24, 2.45) is 0 Å². The van der Waals surface area contributed by atoms with E-state index in [0.29, 0.717) is 11.6 Å². The molecule has 100 valence electrons.